The average Bonchev–Trinajstić information content (AvgIpc) is 2.77. The van der Waals surface area contributed by atoms with Crippen molar-refractivity contribution in [3.63, 3.8) is 0 Å². The summed E-state index contributed by atoms with van der Waals surface area (Å²) in [5.74, 6) is 1.11. The molecule has 4 heteroatoms. The molecule has 1 amide bonds. The fraction of sp³-hybridized carbons (Fsp3) is 0.500. The minimum atomic E-state index is -0.122. The Bertz CT molecular complexity index is 522. The SMILES string of the molecule is CC(C)C(C)NC(=O)COc1ccc2c(c1)CCC2=O. The van der Waals surface area contributed by atoms with E-state index >= 15 is 0 Å². The molecule has 20 heavy (non-hydrogen) atoms. The number of carbonyl (C=O) groups excluding carboxylic acids is 2. The van der Waals surface area contributed by atoms with E-state index in [-0.39, 0.29) is 24.3 Å². The van der Waals surface area contributed by atoms with E-state index in [1.165, 1.54) is 0 Å². The van der Waals surface area contributed by atoms with E-state index in [1.54, 1.807) is 12.1 Å². The van der Waals surface area contributed by atoms with E-state index < -0.39 is 0 Å². The highest BCUT2D eigenvalue weighted by molar-refractivity contribution is 6.00. The lowest BCUT2D eigenvalue weighted by Gasteiger charge is -2.17. The molecule has 108 valence electrons. The second-order valence-corrected chi connectivity index (χ2v) is 5.63. The summed E-state index contributed by atoms with van der Waals surface area (Å²) in [5.41, 5.74) is 1.80. The number of rotatable bonds is 5. The topological polar surface area (TPSA) is 55.4 Å². The lowest BCUT2D eigenvalue weighted by atomic mass is 10.1. The Morgan fingerprint density at radius 1 is 1.30 bits per heavy atom. The van der Waals surface area contributed by atoms with Gasteiger partial charge < -0.3 is 10.1 Å². The van der Waals surface area contributed by atoms with Crippen LogP contribution in [0.5, 0.6) is 5.75 Å². The Morgan fingerprint density at radius 3 is 2.75 bits per heavy atom. The number of amides is 1. The number of nitrogens with one attached hydrogen (secondary N) is 1. The highest BCUT2D eigenvalue weighted by Gasteiger charge is 2.19. The van der Waals surface area contributed by atoms with Crippen LogP contribution in [0.3, 0.4) is 0 Å². The molecular weight excluding hydrogens is 254 g/mol. The molecule has 1 aromatic rings. The second kappa shape index (κ2) is 6.07. The maximum Gasteiger partial charge on any atom is 0.258 e. The molecule has 2 rings (SSSR count). The molecule has 0 saturated heterocycles. The molecule has 0 saturated carbocycles. The van der Waals surface area contributed by atoms with Crippen LogP contribution in [-0.2, 0) is 11.2 Å². The number of aryl methyl sites for hydroxylation is 1. The molecule has 1 aliphatic rings. The van der Waals surface area contributed by atoms with Crippen LogP contribution in [0.15, 0.2) is 18.2 Å². The maximum absolute atomic E-state index is 11.7. The number of hydrogen-bond acceptors (Lipinski definition) is 3. The van der Waals surface area contributed by atoms with E-state index in [0.717, 1.165) is 17.5 Å². The summed E-state index contributed by atoms with van der Waals surface area (Å²) in [4.78, 5) is 23.2. The first-order valence-electron chi connectivity index (χ1n) is 7.05. The van der Waals surface area contributed by atoms with Crippen molar-refractivity contribution in [1.29, 1.82) is 0 Å². The summed E-state index contributed by atoms with van der Waals surface area (Å²) in [6.45, 7) is 6.10. The van der Waals surface area contributed by atoms with Crippen molar-refractivity contribution in [1.82, 2.24) is 5.32 Å². The van der Waals surface area contributed by atoms with Crippen LogP contribution < -0.4 is 10.1 Å². The number of benzene rings is 1. The minimum Gasteiger partial charge on any atom is -0.484 e. The Morgan fingerprint density at radius 2 is 2.05 bits per heavy atom. The van der Waals surface area contributed by atoms with Gasteiger partial charge in [0, 0.05) is 18.0 Å². The van der Waals surface area contributed by atoms with E-state index in [1.807, 2.05) is 13.0 Å². The zero-order valence-electron chi connectivity index (χ0n) is 12.2. The number of Topliss-reactive ketones (excluding diaryl/α,β-unsaturated/α-hetero) is 1. The fourth-order valence-electron chi connectivity index (χ4n) is 2.13. The van der Waals surface area contributed by atoms with Crippen molar-refractivity contribution in [2.24, 2.45) is 5.92 Å². The maximum atomic E-state index is 11.7. The van der Waals surface area contributed by atoms with Gasteiger partial charge in [0.15, 0.2) is 12.4 Å². The van der Waals surface area contributed by atoms with Gasteiger partial charge in [-0.25, -0.2) is 0 Å². The monoisotopic (exact) mass is 275 g/mol. The van der Waals surface area contributed by atoms with Gasteiger partial charge in [-0.2, -0.15) is 0 Å². The van der Waals surface area contributed by atoms with E-state index in [9.17, 15) is 9.59 Å². The Kier molecular flexibility index (Phi) is 4.42. The Hall–Kier alpha value is -1.84. The third-order valence-corrected chi connectivity index (χ3v) is 3.76. The third kappa shape index (κ3) is 3.38. The number of ketones is 1. The molecular formula is C16H21NO3. The standard InChI is InChI=1S/C16H21NO3/c1-10(2)11(3)17-16(19)9-20-13-5-6-14-12(8-13)4-7-15(14)18/h5-6,8,10-11H,4,7,9H2,1-3H3,(H,17,19). The van der Waals surface area contributed by atoms with Crippen LogP contribution in [0.2, 0.25) is 0 Å². The fourth-order valence-corrected chi connectivity index (χ4v) is 2.13. The summed E-state index contributed by atoms with van der Waals surface area (Å²) < 4.78 is 5.49. The summed E-state index contributed by atoms with van der Waals surface area (Å²) in [6.07, 6.45) is 1.34. The van der Waals surface area contributed by atoms with Crippen LogP contribution >= 0.6 is 0 Å². The van der Waals surface area contributed by atoms with Gasteiger partial charge in [0.1, 0.15) is 5.75 Å². The van der Waals surface area contributed by atoms with Gasteiger partial charge in [-0.1, -0.05) is 13.8 Å². The zero-order valence-corrected chi connectivity index (χ0v) is 12.2. The third-order valence-electron chi connectivity index (χ3n) is 3.76. The highest BCUT2D eigenvalue weighted by Crippen LogP contribution is 2.26. The predicted molar refractivity (Wildman–Crippen MR) is 77.0 cm³/mol. The van der Waals surface area contributed by atoms with Crippen LogP contribution in [-0.4, -0.2) is 24.3 Å². The highest BCUT2D eigenvalue weighted by atomic mass is 16.5. The van der Waals surface area contributed by atoms with Crippen molar-refractivity contribution in [3.05, 3.63) is 29.3 Å². The van der Waals surface area contributed by atoms with Gasteiger partial charge in [-0.15, -0.1) is 0 Å². The Labute approximate surface area is 119 Å². The van der Waals surface area contributed by atoms with Crippen molar-refractivity contribution >= 4 is 11.7 Å². The number of hydrogen-bond donors (Lipinski definition) is 1. The molecule has 0 heterocycles. The van der Waals surface area contributed by atoms with E-state index in [4.69, 9.17) is 4.74 Å². The van der Waals surface area contributed by atoms with Crippen LogP contribution in [0.4, 0.5) is 0 Å². The second-order valence-electron chi connectivity index (χ2n) is 5.63. The molecule has 4 nitrogen and oxygen atoms in total. The molecule has 1 aromatic carbocycles. The van der Waals surface area contributed by atoms with Crippen LogP contribution in [0, 0.1) is 5.92 Å². The van der Waals surface area contributed by atoms with Gasteiger partial charge in [0.25, 0.3) is 5.91 Å². The molecule has 0 aliphatic heterocycles. The first-order chi connectivity index (χ1) is 9.47. The molecule has 1 unspecified atom stereocenters. The quantitative estimate of drug-likeness (QED) is 0.897. The van der Waals surface area contributed by atoms with Crippen molar-refractivity contribution in [2.45, 2.75) is 39.7 Å². The lowest BCUT2D eigenvalue weighted by Crippen LogP contribution is -2.38. The number of carbonyl (C=O) groups is 2. The molecule has 0 fully saturated rings. The molecule has 0 aromatic heterocycles. The van der Waals surface area contributed by atoms with Crippen molar-refractivity contribution in [3.8, 4) is 5.75 Å². The van der Waals surface area contributed by atoms with Crippen LogP contribution in [0.25, 0.3) is 0 Å². The Balaban J connectivity index is 1.89. The zero-order chi connectivity index (χ0) is 14.7. The molecule has 1 atom stereocenters. The number of fused-ring (bicyclic) bond motifs is 1. The molecule has 1 N–H and O–H groups in total. The predicted octanol–water partition coefficient (Wildman–Crippen LogP) is 2.36. The summed E-state index contributed by atoms with van der Waals surface area (Å²) in [6, 6.07) is 5.53. The van der Waals surface area contributed by atoms with Gasteiger partial charge in [-0.05, 0) is 43.0 Å². The lowest BCUT2D eigenvalue weighted by molar-refractivity contribution is -0.124. The smallest absolute Gasteiger partial charge is 0.258 e. The molecule has 0 bridgehead atoms. The first-order valence-corrected chi connectivity index (χ1v) is 7.05. The van der Waals surface area contributed by atoms with Gasteiger partial charge in [0.2, 0.25) is 0 Å². The summed E-state index contributed by atoms with van der Waals surface area (Å²) in [5, 5.41) is 2.89. The van der Waals surface area contributed by atoms with Gasteiger partial charge in [0.05, 0.1) is 0 Å². The molecule has 0 radical (unpaired) electrons. The van der Waals surface area contributed by atoms with Crippen LogP contribution in [0.1, 0.15) is 43.1 Å². The minimum absolute atomic E-state index is 0.00376. The van der Waals surface area contributed by atoms with Gasteiger partial charge >= 0.3 is 0 Å². The molecule has 1 aliphatic carbocycles. The normalized spacial score (nSPS) is 15.1. The molecule has 0 spiro atoms. The van der Waals surface area contributed by atoms with Crippen molar-refractivity contribution < 1.29 is 14.3 Å². The van der Waals surface area contributed by atoms with E-state index in [0.29, 0.717) is 18.1 Å². The largest absolute Gasteiger partial charge is 0.484 e. The van der Waals surface area contributed by atoms with Crippen molar-refractivity contribution in [2.75, 3.05) is 6.61 Å². The van der Waals surface area contributed by atoms with Gasteiger partial charge in [-0.3, -0.25) is 9.59 Å². The van der Waals surface area contributed by atoms with E-state index in [2.05, 4.69) is 19.2 Å². The summed E-state index contributed by atoms with van der Waals surface area (Å²) in [7, 11) is 0. The first kappa shape index (κ1) is 14.6. The average molecular weight is 275 g/mol. The number of ether oxygens (including phenoxy) is 1. The summed E-state index contributed by atoms with van der Waals surface area (Å²) >= 11 is 0.